The first-order chi connectivity index (χ1) is 14.8. The predicted octanol–water partition coefficient (Wildman–Crippen LogP) is 7.56. The van der Waals surface area contributed by atoms with Crippen LogP contribution in [0.15, 0.2) is 109 Å². The van der Waals surface area contributed by atoms with Gasteiger partial charge < -0.3 is 0 Å². The van der Waals surface area contributed by atoms with Crippen molar-refractivity contribution in [3.8, 4) is 12.3 Å². The fourth-order valence-electron chi connectivity index (χ4n) is 3.90. The van der Waals surface area contributed by atoms with Gasteiger partial charge in [-0.2, -0.15) is 0 Å². The first-order valence-electron chi connectivity index (χ1n) is 10.1. The molecule has 0 nitrogen and oxygen atoms in total. The summed E-state index contributed by atoms with van der Waals surface area (Å²) >= 11 is 0. The van der Waals surface area contributed by atoms with Gasteiger partial charge in [-0.05, 0) is 74.1 Å². The van der Waals surface area contributed by atoms with Crippen molar-refractivity contribution in [1.82, 2.24) is 0 Å². The fraction of sp³-hybridized carbons (Fsp3) is 0. The maximum Gasteiger partial charge on any atom is 0.0243 e. The molecule has 0 saturated carbocycles. The summed E-state index contributed by atoms with van der Waals surface area (Å²) in [6, 6.07) is 38.4. The molecule has 0 aliphatic rings. The molecule has 0 unspecified atom stereocenters. The molecule has 0 aliphatic heterocycles. The Balaban J connectivity index is 1.69. The van der Waals surface area contributed by atoms with Crippen molar-refractivity contribution in [3.05, 3.63) is 131 Å². The van der Waals surface area contributed by atoms with Crippen molar-refractivity contribution in [2.75, 3.05) is 0 Å². The number of rotatable bonds is 3. The molecule has 0 heteroatoms. The first kappa shape index (κ1) is 18.0. The van der Waals surface area contributed by atoms with E-state index < -0.39 is 0 Å². The number of benzene rings is 5. The molecule has 0 spiro atoms. The summed E-state index contributed by atoms with van der Waals surface area (Å²) in [5, 5.41) is 4.97. The minimum Gasteiger partial charge on any atom is -0.115 e. The van der Waals surface area contributed by atoms with E-state index in [1.807, 2.05) is 12.1 Å². The van der Waals surface area contributed by atoms with Gasteiger partial charge in [0, 0.05) is 5.56 Å². The second kappa shape index (κ2) is 7.74. The molecule has 0 amide bonds. The minimum atomic E-state index is 0.891. The average molecular weight is 380 g/mol. The maximum absolute atomic E-state index is 5.56. The van der Waals surface area contributed by atoms with Crippen LogP contribution in [-0.2, 0) is 0 Å². The highest BCUT2D eigenvalue weighted by Gasteiger charge is 2.08. The summed E-state index contributed by atoms with van der Waals surface area (Å²) in [5.74, 6) is 2.71. The summed E-state index contributed by atoms with van der Waals surface area (Å²) in [6.07, 6.45) is 7.83. The number of hydrogen-bond acceptors (Lipinski definition) is 0. The van der Waals surface area contributed by atoms with Gasteiger partial charge in [-0.3, -0.25) is 0 Å². The van der Waals surface area contributed by atoms with E-state index in [2.05, 4.69) is 109 Å². The Morgan fingerprint density at radius 3 is 1.80 bits per heavy atom. The third kappa shape index (κ3) is 3.50. The molecule has 0 saturated heterocycles. The monoisotopic (exact) mass is 380 g/mol. The van der Waals surface area contributed by atoms with E-state index in [4.69, 9.17) is 6.42 Å². The molecule has 0 fully saturated rings. The van der Waals surface area contributed by atoms with Crippen molar-refractivity contribution >= 4 is 33.2 Å². The SMILES string of the molecule is C#Cc1ccc(/C(=C/c2ccc3ccccc3c2)c2ccc3ccccc3c2)cc1. The number of terminal acetylenes is 1. The van der Waals surface area contributed by atoms with Crippen LogP contribution in [-0.4, -0.2) is 0 Å². The number of hydrogen-bond donors (Lipinski definition) is 0. The van der Waals surface area contributed by atoms with Crippen LogP contribution in [0.2, 0.25) is 0 Å². The summed E-state index contributed by atoms with van der Waals surface area (Å²) in [5.41, 5.74) is 5.59. The Morgan fingerprint density at radius 2 is 1.13 bits per heavy atom. The van der Waals surface area contributed by atoms with E-state index in [0.717, 1.165) is 11.1 Å². The Kier molecular flexibility index (Phi) is 4.64. The topological polar surface area (TPSA) is 0 Å². The quantitative estimate of drug-likeness (QED) is 0.224. The van der Waals surface area contributed by atoms with Gasteiger partial charge in [-0.1, -0.05) is 90.8 Å². The van der Waals surface area contributed by atoms with Gasteiger partial charge in [-0.15, -0.1) is 6.42 Å². The van der Waals surface area contributed by atoms with Crippen molar-refractivity contribution in [2.24, 2.45) is 0 Å². The molecule has 0 atom stereocenters. The van der Waals surface area contributed by atoms with Crippen LogP contribution in [0.4, 0.5) is 0 Å². The maximum atomic E-state index is 5.56. The molecule has 0 heterocycles. The van der Waals surface area contributed by atoms with E-state index in [0.29, 0.717) is 0 Å². The zero-order valence-electron chi connectivity index (χ0n) is 16.5. The van der Waals surface area contributed by atoms with Crippen molar-refractivity contribution in [1.29, 1.82) is 0 Å². The van der Waals surface area contributed by atoms with Crippen LogP contribution in [0.3, 0.4) is 0 Å². The lowest BCUT2D eigenvalue weighted by molar-refractivity contribution is 1.55. The van der Waals surface area contributed by atoms with Crippen LogP contribution in [0.1, 0.15) is 22.3 Å². The van der Waals surface area contributed by atoms with Gasteiger partial charge in [0.1, 0.15) is 0 Å². The van der Waals surface area contributed by atoms with Gasteiger partial charge in [-0.25, -0.2) is 0 Å². The van der Waals surface area contributed by atoms with Gasteiger partial charge in [0.25, 0.3) is 0 Å². The average Bonchev–Trinajstić information content (AvgIpc) is 2.82. The van der Waals surface area contributed by atoms with Crippen LogP contribution < -0.4 is 0 Å². The van der Waals surface area contributed by atoms with Crippen LogP contribution >= 0.6 is 0 Å². The van der Waals surface area contributed by atoms with Gasteiger partial charge in [0.05, 0.1) is 0 Å². The summed E-state index contributed by atoms with van der Waals surface area (Å²) in [7, 11) is 0. The molecular weight excluding hydrogens is 360 g/mol. The summed E-state index contributed by atoms with van der Waals surface area (Å²) < 4.78 is 0. The van der Waals surface area contributed by atoms with Gasteiger partial charge >= 0.3 is 0 Å². The first-order valence-corrected chi connectivity index (χ1v) is 10.1. The van der Waals surface area contributed by atoms with Crippen LogP contribution in [0.5, 0.6) is 0 Å². The molecule has 0 aliphatic carbocycles. The lowest BCUT2D eigenvalue weighted by Crippen LogP contribution is -1.90. The second-order valence-electron chi connectivity index (χ2n) is 7.45. The van der Waals surface area contributed by atoms with E-state index in [1.165, 1.54) is 38.2 Å². The van der Waals surface area contributed by atoms with Gasteiger partial charge in [0.2, 0.25) is 0 Å². The standard InChI is InChI=1S/C30H20/c1-2-22-11-15-26(16-12-22)30(29-18-17-25-8-4-6-10-28(25)21-29)20-23-13-14-24-7-3-5-9-27(24)19-23/h1,3-21H/b30-20-. The van der Waals surface area contributed by atoms with E-state index >= 15 is 0 Å². The van der Waals surface area contributed by atoms with Gasteiger partial charge in [0.15, 0.2) is 0 Å². The molecule has 5 aromatic carbocycles. The second-order valence-corrected chi connectivity index (χ2v) is 7.45. The Labute approximate surface area is 177 Å². The third-order valence-electron chi connectivity index (χ3n) is 5.51. The smallest absolute Gasteiger partial charge is 0.0243 e. The molecule has 5 rings (SSSR count). The molecule has 0 aromatic heterocycles. The highest BCUT2D eigenvalue weighted by molar-refractivity contribution is 5.96. The zero-order chi connectivity index (χ0) is 20.3. The lowest BCUT2D eigenvalue weighted by Gasteiger charge is -2.11. The lowest BCUT2D eigenvalue weighted by atomic mass is 9.93. The molecule has 5 aromatic rings. The van der Waals surface area contributed by atoms with E-state index in [-0.39, 0.29) is 0 Å². The van der Waals surface area contributed by atoms with Crippen LogP contribution in [0.25, 0.3) is 33.2 Å². The third-order valence-corrected chi connectivity index (χ3v) is 5.51. The molecule has 0 bridgehead atoms. The minimum absolute atomic E-state index is 0.891. The highest BCUT2D eigenvalue weighted by Crippen LogP contribution is 2.30. The number of fused-ring (bicyclic) bond motifs is 2. The molecule has 0 radical (unpaired) electrons. The van der Waals surface area contributed by atoms with Crippen molar-refractivity contribution in [2.45, 2.75) is 0 Å². The Morgan fingerprint density at radius 1 is 0.567 bits per heavy atom. The summed E-state index contributed by atoms with van der Waals surface area (Å²) in [6.45, 7) is 0. The summed E-state index contributed by atoms with van der Waals surface area (Å²) in [4.78, 5) is 0. The molecular formula is C30H20. The normalized spacial score (nSPS) is 11.5. The largest absolute Gasteiger partial charge is 0.115 e. The molecule has 30 heavy (non-hydrogen) atoms. The highest BCUT2D eigenvalue weighted by atomic mass is 14.1. The van der Waals surface area contributed by atoms with Crippen LogP contribution in [0, 0.1) is 12.3 Å². The zero-order valence-corrected chi connectivity index (χ0v) is 16.5. The predicted molar refractivity (Wildman–Crippen MR) is 129 cm³/mol. The van der Waals surface area contributed by atoms with E-state index in [1.54, 1.807) is 0 Å². The fourth-order valence-corrected chi connectivity index (χ4v) is 3.90. The Bertz CT molecular complexity index is 1430. The Hall–Kier alpha value is -4.08. The molecule has 0 N–H and O–H groups in total. The molecule has 140 valence electrons. The van der Waals surface area contributed by atoms with Crippen molar-refractivity contribution < 1.29 is 0 Å². The van der Waals surface area contributed by atoms with E-state index in [9.17, 15) is 0 Å². The van der Waals surface area contributed by atoms with Crippen molar-refractivity contribution in [3.63, 3.8) is 0 Å².